The number of benzene rings is 4. The first-order valence-corrected chi connectivity index (χ1v) is 16.8. The summed E-state index contributed by atoms with van der Waals surface area (Å²) in [6, 6.07) is 29.3. The SMILES string of the molecule is Brc1cccc2c1sc1ccccc12.Clc1nc(Cl)nc(-c2cccc3c2sc2ccccc23)n1.Clc1nc(Cl)nc(Cl)n1. The number of fused-ring (bicyclic) bond motifs is 6. The van der Waals surface area contributed by atoms with E-state index in [1.54, 1.807) is 11.3 Å². The molecule has 0 radical (unpaired) electrons. The van der Waals surface area contributed by atoms with E-state index in [-0.39, 0.29) is 26.4 Å². The Balaban J connectivity index is 0.000000128. The summed E-state index contributed by atoms with van der Waals surface area (Å²) in [6.45, 7) is 0. The zero-order valence-corrected chi connectivity index (χ0v) is 28.8. The second-order valence-corrected chi connectivity index (χ2v) is 13.5. The van der Waals surface area contributed by atoms with Crippen LogP contribution < -0.4 is 0 Å². The molecule has 0 N–H and O–H groups in total. The minimum Gasteiger partial charge on any atom is -0.198 e. The number of hydrogen-bond donors (Lipinski definition) is 0. The molecule has 0 atom stereocenters. The summed E-state index contributed by atoms with van der Waals surface area (Å²) in [5, 5.41) is 5.31. The molecular formula is C30H14BrCl5N6S2. The van der Waals surface area contributed by atoms with Crippen molar-refractivity contribution in [2.45, 2.75) is 0 Å². The Morgan fingerprint density at radius 2 is 0.841 bits per heavy atom. The molecule has 218 valence electrons. The summed E-state index contributed by atoms with van der Waals surface area (Å²) in [6.07, 6.45) is 0. The van der Waals surface area contributed by atoms with Crippen LogP contribution in [0.15, 0.2) is 89.4 Å². The maximum Gasteiger partial charge on any atom is 0.227 e. The molecule has 0 saturated heterocycles. The van der Waals surface area contributed by atoms with Gasteiger partial charge in [0.25, 0.3) is 0 Å². The van der Waals surface area contributed by atoms with Gasteiger partial charge in [0.1, 0.15) is 0 Å². The molecule has 14 heteroatoms. The predicted molar refractivity (Wildman–Crippen MR) is 190 cm³/mol. The third-order valence-electron chi connectivity index (χ3n) is 6.14. The van der Waals surface area contributed by atoms with Crippen molar-refractivity contribution >= 4 is 137 Å². The largest absolute Gasteiger partial charge is 0.227 e. The van der Waals surface area contributed by atoms with E-state index >= 15 is 0 Å². The van der Waals surface area contributed by atoms with Gasteiger partial charge in [-0.2, -0.15) is 29.9 Å². The van der Waals surface area contributed by atoms with Crippen LogP contribution in [-0.2, 0) is 0 Å². The third-order valence-corrected chi connectivity index (χ3v) is 10.3. The molecular weight excluding hydrogens is 766 g/mol. The second-order valence-electron chi connectivity index (χ2n) is 8.83. The Hall–Kier alpha value is -2.73. The van der Waals surface area contributed by atoms with Crippen LogP contribution in [0.4, 0.5) is 0 Å². The highest BCUT2D eigenvalue weighted by Gasteiger charge is 2.13. The number of hydrogen-bond acceptors (Lipinski definition) is 8. The molecule has 6 nitrogen and oxygen atoms in total. The van der Waals surface area contributed by atoms with Gasteiger partial charge >= 0.3 is 0 Å². The first-order valence-electron chi connectivity index (χ1n) is 12.5. The normalized spacial score (nSPS) is 11.0. The molecule has 0 saturated carbocycles. The topological polar surface area (TPSA) is 77.3 Å². The summed E-state index contributed by atoms with van der Waals surface area (Å²) < 4.78 is 6.24. The molecule has 4 aromatic carbocycles. The van der Waals surface area contributed by atoms with Crippen LogP contribution in [0.3, 0.4) is 0 Å². The average Bonchev–Trinajstić information content (AvgIpc) is 3.56. The number of nitrogens with zero attached hydrogens (tertiary/aromatic N) is 6. The predicted octanol–water partition coefficient (Wildman–Crippen LogP) is 11.9. The second kappa shape index (κ2) is 13.7. The van der Waals surface area contributed by atoms with Gasteiger partial charge in [-0.05, 0) is 98.2 Å². The molecule has 8 aromatic rings. The molecule has 0 fully saturated rings. The van der Waals surface area contributed by atoms with Crippen LogP contribution >= 0.6 is 96.6 Å². The lowest BCUT2D eigenvalue weighted by Gasteiger charge is -2.02. The van der Waals surface area contributed by atoms with Gasteiger partial charge in [0.15, 0.2) is 5.82 Å². The highest BCUT2D eigenvalue weighted by atomic mass is 79.9. The molecule has 0 aliphatic heterocycles. The Bertz CT molecular complexity index is 2220. The van der Waals surface area contributed by atoms with Crippen LogP contribution in [0.1, 0.15) is 0 Å². The molecule has 4 heterocycles. The molecule has 0 aliphatic carbocycles. The lowest BCUT2D eigenvalue weighted by molar-refractivity contribution is 1.05. The fourth-order valence-electron chi connectivity index (χ4n) is 4.39. The van der Waals surface area contributed by atoms with Gasteiger partial charge in [0, 0.05) is 50.4 Å². The van der Waals surface area contributed by atoms with Gasteiger partial charge in [-0.3, -0.25) is 0 Å². The van der Waals surface area contributed by atoms with Crippen molar-refractivity contribution in [1.29, 1.82) is 0 Å². The molecule has 4 aromatic heterocycles. The standard InChI is InChI=1S/C15H7Cl2N3S.C12H7BrS.C3Cl3N3/c16-14-18-13(19-15(17)20-14)10-6-3-5-9-8-4-1-2-7-11(8)21-12(9)10;13-10-6-3-5-9-8-4-1-2-7-11(8)14-12(9)10;4-1-7-2(5)9-3(6)8-1/h1-7H;1-7H;. The first kappa shape index (κ1) is 31.3. The Labute approximate surface area is 291 Å². The lowest BCUT2D eigenvalue weighted by Crippen LogP contribution is -1.93. The van der Waals surface area contributed by atoms with E-state index in [0.717, 1.165) is 10.3 Å². The van der Waals surface area contributed by atoms with Crippen molar-refractivity contribution in [3.8, 4) is 11.4 Å². The van der Waals surface area contributed by atoms with Crippen LogP contribution in [-0.4, -0.2) is 29.9 Å². The maximum absolute atomic E-state index is 5.89. The lowest BCUT2D eigenvalue weighted by atomic mass is 10.1. The van der Waals surface area contributed by atoms with Gasteiger partial charge in [-0.15, -0.1) is 22.7 Å². The summed E-state index contributed by atoms with van der Waals surface area (Å²) in [4.78, 5) is 22.6. The van der Waals surface area contributed by atoms with Crippen LogP contribution in [0, 0.1) is 0 Å². The number of halogens is 6. The quantitative estimate of drug-likeness (QED) is 0.165. The number of thiophene rings is 2. The Kier molecular flexibility index (Phi) is 9.75. The fraction of sp³-hybridized carbons (Fsp3) is 0. The monoisotopic (exact) mass is 776 g/mol. The summed E-state index contributed by atoms with van der Waals surface area (Å²) in [5.41, 5.74) is 0.917. The van der Waals surface area contributed by atoms with Gasteiger partial charge in [-0.1, -0.05) is 60.7 Å². The third kappa shape index (κ3) is 6.90. The van der Waals surface area contributed by atoms with Crippen LogP contribution in [0.2, 0.25) is 26.4 Å². The molecule has 0 unspecified atom stereocenters. The van der Waals surface area contributed by atoms with Crippen molar-refractivity contribution in [3.63, 3.8) is 0 Å². The van der Waals surface area contributed by atoms with Gasteiger partial charge in [0.05, 0.1) is 0 Å². The van der Waals surface area contributed by atoms with E-state index in [4.69, 9.17) is 58.0 Å². The minimum atomic E-state index is 0.000000000000000444. The first-order chi connectivity index (χ1) is 21.3. The minimum absolute atomic E-state index is 0.000000000000000444. The molecule has 0 aliphatic rings. The highest BCUT2D eigenvalue weighted by molar-refractivity contribution is 9.10. The van der Waals surface area contributed by atoms with Crippen molar-refractivity contribution in [2.75, 3.05) is 0 Å². The Morgan fingerprint density at radius 1 is 0.432 bits per heavy atom. The van der Waals surface area contributed by atoms with Gasteiger partial charge in [-0.25, -0.2) is 0 Å². The average molecular weight is 780 g/mol. The van der Waals surface area contributed by atoms with Crippen LogP contribution in [0.25, 0.3) is 51.7 Å². The van der Waals surface area contributed by atoms with Crippen LogP contribution in [0.5, 0.6) is 0 Å². The maximum atomic E-state index is 5.89. The molecule has 0 amide bonds. The zero-order valence-electron chi connectivity index (χ0n) is 21.9. The summed E-state index contributed by atoms with van der Waals surface area (Å²) >= 11 is 34.9. The highest BCUT2D eigenvalue weighted by Crippen LogP contribution is 2.39. The molecule has 8 rings (SSSR count). The van der Waals surface area contributed by atoms with Crippen molar-refractivity contribution in [3.05, 3.63) is 116 Å². The summed E-state index contributed by atoms with van der Waals surface area (Å²) in [5.74, 6) is 0.497. The fourth-order valence-corrected chi connectivity index (χ4v) is 8.29. The summed E-state index contributed by atoms with van der Waals surface area (Å²) in [7, 11) is 0. The molecule has 0 spiro atoms. The zero-order chi connectivity index (χ0) is 30.8. The smallest absolute Gasteiger partial charge is 0.198 e. The molecule has 44 heavy (non-hydrogen) atoms. The van der Waals surface area contributed by atoms with E-state index in [1.165, 1.54) is 40.1 Å². The van der Waals surface area contributed by atoms with Crippen molar-refractivity contribution in [2.24, 2.45) is 0 Å². The Morgan fingerprint density at radius 3 is 1.39 bits per heavy atom. The van der Waals surface area contributed by atoms with Gasteiger partial charge in [0.2, 0.25) is 26.4 Å². The van der Waals surface area contributed by atoms with E-state index in [9.17, 15) is 0 Å². The van der Waals surface area contributed by atoms with Crippen molar-refractivity contribution < 1.29 is 0 Å². The van der Waals surface area contributed by atoms with E-state index in [0.29, 0.717) is 5.82 Å². The van der Waals surface area contributed by atoms with Gasteiger partial charge < -0.3 is 0 Å². The van der Waals surface area contributed by atoms with Crippen molar-refractivity contribution in [1.82, 2.24) is 29.9 Å². The van der Waals surface area contributed by atoms with E-state index in [2.05, 4.69) is 106 Å². The van der Waals surface area contributed by atoms with E-state index in [1.807, 2.05) is 35.6 Å². The number of aromatic nitrogens is 6. The number of rotatable bonds is 1. The van der Waals surface area contributed by atoms with E-state index < -0.39 is 0 Å². The molecule has 0 bridgehead atoms.